The Labute approximate surface area is 107 Å². The minimum absolute atomic E-state index is 0.238. The average molecular weight is 254 g/mol. The van der Waals surface area contributed by atoms with E-state index in [9.17, 15) is 9.59 Å². The molecular weight excluding hydrogens is 232 g/mol. The molecule has 0 spiro atoms. The van der Waals surface area contributed by atoms with Gasteiger partial charge >= 0.3 is 6.03 Å². The predicted octanol–water partition coefficient (Wildman–Crippen LogP) is -0.356. The van der Waals surface area contributed by atoms with Gasteiger partial charge in [-0.2, -0.15) is 0 Å². The first kappa shape index (κ1) is 13.3. The number of amides is 3. The summed E-state index contributed by atoms with van der Waals surface area (Å²) in [5.41, 5.74) is 5.64. The molecule has 0 bridgehead atoms. The molecular formula is C12H22N4O2. The van der Waals surface area contributed by atoms with E-state index in [-0.39, 0.29) is 24.5 Å². The number of imide groups is 1. The zero-order valence-electron chi connectivity index (χ0n) is 10.8. The highest BCUT2D eigenvalue weighted by atomic mass is 16.2. The number of nitrogens with one attached hydrogen (secondary N) is 2. The van der Waals surface area contributed by atoms with Gasteiger partial charge in [0.2, 0.25) is 5.91 Å². The van der Waals surface area contributed by atoms with Crippen molar-refractivity contribution in [3.8, 4) is 0 Å². The van der Waals surface area contributed by atoms with Gasteiger partial charge in [0.15, 0.2) is 0 Å². The summed E-state index contributed by atoms with van der Waals surface area (Å²) < 4.78 is 0. The molecule has 1 saturated carbocycles. The fourth-order valence-electron chi connectivity index (χ4n) is 2.41. The highest BCUT2D eigenvalue weighted by Crippen LogP contribution is 2.21. The fourth-order valence-corrected chi connectivity index (χ4v) is 2.41. The van der Waals surface area contributed by atoms with Crippen molar-refractivity contribution in [2.45, 2.75) is 38.3 Å². The molecule has 0 aromatic carbocycles. The van der Waals surface area contributed by atoms with Crippen LogP contribution in [0.5, 0.6) is 0 Å². The number of hydrogen-bond donors (Lipinski definition) is 3. The molecule has 0 radical (unpaired) electrons. The Morgan fingerprint density at radius 1 is 1.39 bits per heavy atom. The van der Waals surface area contributed by atoms with Crippen LogP contribution in [0.25, 0.3) is 0 Å². The molecule has 2 atom stereocenters. The molecule has 1 saturated heterocycles. The van der Waals surface area contributed by atoms with Gasteiger partial charge in [0, 0.05) is 18.6 Å². The molecule has 4 N–H and O–H groups in total. The van der Waals surface area contributed by atoms with Crippen LogP contribution in [0.15, 0.2) is 0 Å². The van der Waals surface area contributed by atoms with Crippen molar-refractivity contribution in [2.24, 2.45) is 11.7 Å². The number of likely N-dealkylation sites (tertiary alicyclic amines) is 1. The molecule has 2 fully saturated rings. The Morgan fingerprint density at radius 2 is 2.11 bits per heavy atom. The van der Waals surface area contributed by atoms with E-state index in [0.29, 0.717) is 18.5 Å². The SMILES string of the molecule is CC1CC(CN)CN1CC(=O)NC(=O)NC1CC1. The van der Waals surface area contributed by atoms with Gasteiger partial charge in [0.25, 0.3) is 0 Å². The van der Waals surface area contributed by atoms with Crippen LogP contribution in [0, 0.1) is 5.92 Å². The highest BCUT2D eigenvalue weighted by molar-refractivity contribution is 5.95. The first-order valence-corrected chi connectivity index (χ1v) is 6.63. The van der Waals surface area contributed by atoms with Crippen LogP contribution in [0.1, 0.15) is 26.2 Å². The zero-order chi connectivity index (χ0) is 13.1. The summed E-state index contributed by atoms with van der Waals surface area (Å²) in [6.45, 7) is 3.86. The lowest BCUT2D eigenvalue weighted by molar-refractivity contribution is -0.121. The first-order chi connectivity index (χ1) is 8.58. The summed E-state index contributed by atoms with van der Waals surface area (Å²) >= 11 is 0. The maximum Gasteiger partial charge on any atom is 0.321 e. The predicted molar refractivity (Wildman–Crippen MR) is 67.9 cm³/mol. The number of nitrogens with zero attached hydrogens (tertiary/aromatic N) is 1. The maximum absolute atomic E-state index is 11.7. The van der Waals surface area contributed by atoms with Crippen LogP contribution in [0.2, 0.25) is 0 Å². The Bertz CT molecular complexity index is 330. The highest BCUT2D eigenvalue weighted by Gasteiger charge is 2.30. The van der Waals surface area contributed by atoms with Gasteiger partial charge in [-0.25, -0.2) is 4.79 Å². The summed E-state index contributed by atoms with van der Waals surface area (Å²) in [4.78, 5) is 25.2. The summed E-state index contributed by atoms with van der Waals surface area (Å²) in [6, 6.07) is 0.255. The molecule has 6 nitrogen and oxygen atoms in total. The number of nitrogens with two attached hydrogens (primary N) is 1. The van der Waals surface area contributed by atoms with E-state index in [1.54, 1.807) is 0 Å². The van der Waals surface area contributed by atoms with E-state index in [1.165, 1.54) is 0 Å². The van der Waals surface area contributed by atoms with Crippen molar-refractivity contribution in [3.63, 3.8) is 0 Å². The zero-order valence-corrected chi connectivity index (χ0v) is 10.8. The molecule has 0 aromatic heterocycles. The number of urea groups is 1. The Hall–Kier alpha value is -1.14. The summed E-state index contributed by atoms with van der Waals surface area (Å²) in [5, 5.41) is 5.10. The van der Waals surface area contributed by atoms with Crippen molar-refractivity contribution in [1.82, 2.24) is 15.5 Å². The lowest BCUT2D eigenvalue weighted by Gasteiger charge is -2.19. The number of carbonyl (C=O) groups is 2. The van der Waals surface area contributed by atoms with E-state index in [2.05, 4.69) is 22.5 Å². The summed E-state index contributed by atoms with van der Waals surface area (Å²) in [6.07, 6.45) is 3.06. The van der Waals surface area contributed by atoms with E-state index in [4.69, 9.17) is 5.73 Å². The minimum Gasteiger partial charge on any atom is -0.335 e. The second kappa shape index (κ2) is 5.67. The molecule has 18 heavy (non-hydrogen) atoms. The minimum atomic E-state index is -0.371. The first-order valence-electron chi connectivity index (χ1n) is 6.63. The third-order valence-corrected chi connectivity index (χ3v) is 3.64. The van der Waals surface area contributed by atoms with Crippen LogP contribution >= 0.6 is 0 Å². The second-order valence-corrected chi connectivity index (χ2v) is 5.41. The van der Waals surface area contributed by atoms with E-state index in [1.807, 2.05) is 0 Å². The van der Waals surface area contributed by atoms with Gasteiger partial charge in [-0.05, 0) is 38.6 Å². The lowest BCUT2D eigenvalue weighted by atomic mass is 10.1. The molecule has 2 rings (SSSR count). The molecule has 1 heterocycles. The molecule has 2 unspecified atom stereocenters. The quantitative estimate of drug-likeness (QED) is 0.639. The van der Waals surface area contributed by atoms with Crippen LogP contribution in [-0.4, -0.2) is 48.6 Å². The topological polar surface area (TPSA) is 87.5 Å². The number of hydrogen-bond acceptors (Lipinski definition) is 4. The fraction of sp³-hybridized carbons (Fsp3) is 0.833. The van der Waals surface area contributed by atoms with Crippen molar-refractivity contribution < 1.29 is 9.59 Å². The molecule has 6 heteroatoms. The lowest BCUT2D eigenvalue weighted by Crippen LogP contribution is -2.45. The molecule has 1 aliphatic heterocycles. The van der Waals surface area contributed by atoms with Crippen molar-refractivity contribution in [3.05, 3.63) is 0 Å². The molecule has 2 aliphatic rings. The molecule has 3 amide bonds. The van der Waals surface area contributed by atoms with E-state index < -0.39 is 0 Å². The second-order valence-electron chi connectivity index (χ2n) is 5.41. The van der Waals surface area contributed by atoms with Gasteiger partial charge in [-0.3, -0.25) is 15.0 Å². The van der Waals surface area contributed by atoms with Crippen molar-refractivity contribution in [1.29, 1.82) is 0 Å². The van der Waals surface area contributed by atoms with E-state index in [0.717, 1.165) is 25.8 Å². The summed E-state index contributed by atoms with van der Waals surface area (Å²) in [5.74, 6) is 0.228. The van der Waals surface area contributed by atoms with Crippen LogP contribution in [-0.2, 0) is 4.79 Å². The van der Waals surface area contributed by atoms with Gasteiger partial charge in [-0.15, -0.1) is 0 Å². The van der Waals surface area contributed by atoms with Crippen molar-refractivity contribution in [2.75, 3.05) is 19.6 Å². The largest absolute Gasteiger partial charge is 0.335 e. The van der Waals surface area contributed by atoms with Gasteiger partial charge in [0.1, 0.15) is 0 Å². The standard InChI is InChI=1S/C12H22N4O2/c1-8-4-9(5-13)6-16(8)7-11(17)15-12(18)14-10-2-3-10/h8-10H,2-7,13H2,1H3,(H2,14,15,17,18). The van der Waals surface area contributed by atoms with Crippen molar-refractivity contribution >= 4 is 11.9 Å². The third kappa shape index (κ3) is 3.68. The monoisotopic (exact) mass is 254 g/mol. The molecule has 1 aliphatic carbocycles. The normalized spacial score (nSPS) is 28.1. The van der Waals surface area contributed by atoms with Gasteiger partial charge < -0.3 is 11.1 Å². The smallest absolute Gasteiger partial charge is 0.321 e. The summed E-state index contributed by atoms with van der Waals surface area (Å²) in [7, 11) is 0. The Kier molecular flexibility index (Phi) is 4.19. The number of carbonyl (C=O) groups excluding carboxylic acids is 2. The van der Waals surface area contributed by atoms with Gasteiger partial charge in [0.05, 0.1) is 6.54 Å². The maximum atomic E-state index is 11.7. The van der Waals surface area contributed by atoms with Gasteiger partial charge in [-0.1, -0.05) is 0 Å². The number of rotatable bonds is 4. The van der Waals surface area contributed by atoms with Crippen LogP contribution in [0.3, 0.4) is 0 Å². The van der Waals surface area contributed by atoms with Crippen LogP contribution < -0.4 is 16.4 Å². The van der Waals surface area contributed by atoms with E-state index >= 15 is 0 Å². The Balaban J connectivity index is 1.71. The molecule has 0 aromatic rings. The third-order valence-electron chi connectivity index (χ3n) is 3.64. The average Bonchev–Trinajstić information content (AvgIpc) is 3.03. The molecule has 102 valence electrons. The van der Waals surface area contributed by atoms with Crippen LogP contribution in [0.4, 0.5) is 4.79 Å². The Morgan fingerprint density at radius 3 is 2.67 bits per heavy atom.